The number of hydrogen-bond acceptors (Lipinski definition) is 5. The van der Waals surface area contributed by atoms with Gasteiger partial charge in [-0.15, -0.1) is 0 Å². The summed E-state index contributed by atoms with van der Waals surface area (Å²) >= 11 is 0. The first-order valence-corrected chi connectivity index (χ1v) is 5.00. The van der Waals surface area contributed by atoms with E-state index < -0.39 is 5.97 Å². The third-order valence-electron chi connectivity index (χ3n) is 2.87. The fourth-order valence-electron chi connectivity index (χ4n) is 1.95. The van der Waals surface area contributed by atoms with E-state index in [1.165, 1.54) is 0 Å². The lowest BCUT2D eigenvalue weighted by molar-refractivity contribution is 0.0680. The lowest BCUT2D eigenvalue weighted by Crippen LogP contribution is -2.36. The standard InChI is InChI=1S/C9H13N3O3/c1-2-9(4-3-5-10-9)8-11-6(7(13)14)12-15-8/h10H,2-5H2,1H3,(H,13,14). The lowest BCUT2D eigenvalue weighted by atomic mass is 9.94. The Morgan fingerprint density at radius 2 is 2.53 bits per heavy atom. The van der Waals surface area contributed by atoms with Crippen LogP contribution in [0.3, 0.4) is 0 Å². The molecule has 0 aromatic carbocycles. The van der Waals surface area contributed by atoms with Gasteiger partial charge in [0.2, 0.25) is 5.89 Å². The second kappa shape index (κ2) is 3.62. The summed E-state index contributed by atoms with van der Waals surface area (Å²) < 4.78 is 5.00. The molecule has 1 aromatic rings. The maximum absolute atomic E-state index is 10.6. The summed E-state index contributed by atoms with van der Waals surface area (Å²) in [4.78, 5) is 14.5. The van der Waals surface area contributed by atoms with Gasteiger partial charge in [-0.05, 0) is 31.0 Å². The number of carboxylic acid groups (broad SMARTS) is 1. The highest BCUT2D eigenvalue weighted by atomic mass is 16.5. The van der Waals surface area contributed by atoms with Gasteiger partial charge in [0.05, 0.1) is 5.54 Å². The molecular formula is C9H13N3O3. The summed E-state index contributed by atoms with van der Waals surface area (Å²) in [5.74, 6) is -1.04. The molecule has 0 radical (unpaired) electrons. The number of carboxylic acids is 1. The van der Waals surface area contributed by atoms with Crippen molar-refractivity contribution in [3.63, 3.8) is 0 Å². The molecule has 2 rings (SSSR count). The molecule has 15 heavy (non-hydrogen) atoms. The Morgan fingerprint density at radius 1 is 1.73 bits per heavy atom. The fraction of sp³-hybridized carbons (Fsp3) is 0.667. The molecule has 0 amide bonds. The van der Waals surface area contributed by atoms with E-state index in [1.54, 1.807) is 0 Å². The van der Waals surface area contributed by atoms with E-state index in [1.807, 2.05) is 6.92 Å². The van der Waals surface area contributed by atoms with Crippen molar-refractivity contribution in [2.45, 2.75) is 31.7 Å². The van der Waals surface area contributed by atoms with Crippen LogP contribution in [-0.2, 0) is 5.54 Å². The zero-order valence-electron chi connectivity index (χ0n) is 8.49. The second-order valence-electron chi connectivity index (χ2n) is 3.69. The summed E-state index contributed by atoms with van der Waals surface area (Å²) in [5.41, 5.74) is -0.319. The zero-order chi connectivity index (χ0) is 10.9. The van der Waals surface area contributed by atoms with Crippen molar-refractivity contribution in [3.8, 4) is 0 Å². The molecule has 1 saturated heterocycles. The molecule has 1 fully saturated rings. The molecule has 0 spiro atoms. The van der Waals surface area contributed by atoms with E-state index in [9.17, 15) is 4.79 Å². The Balaban J connectivity index is 2.30. The number of hydrogen-bond donors (Lipinski definition) is 2. The van der Waals surface area contributed by atoms with E-state index in [4.69, 9.17) is 9.63 Å². The minimum atomic E-state index is -1.16. The van der Waals surface area contributed by atoms with Crippen LogP contribution in [0.4, 0.5) is 0 Å². The first kappa shape index (κ1) is 10.1. The molecule has 2 heterocycles. The fourth-order valence-corrected chi connectivity index (χ4v) is 1.95. The van der Waals surface area contributed by atoms with Crippen molar-refractivity contribution in [1.82, 2.24) is 15.5 Å². The Hall–Kier alpha value is -1.43. The van der Waals surface area contributed by atoms with Crippen molar-refractivity contribution in [1.29, 1.82) is 0 Å². The third-order valence-corrected chi connectivity index (χ3v) is 2.87. The molecule has 6 heteroatoms. The van der Waals surface area contributed by atoms with Crippen molar-refractivity contribution >= 4 is 5.97 Å². The summed E-state index contributed by atoms with van der Waals surface area (Å²) in [5, 5.41) is 15.4. The van der Waals surface area contributed by atoms with Gasteiger partial charge in [-0.3, -0.25) is 0 Å². The first-order valence-electron chi connectivity index (χ1n) is 5.00. The molecular weight excluding hydrogens is 198 g/mol. The van der Waals surface area contributed by atoms with Gasteiger partial charge in [-0.2, -0.15) is 4.98 Å². The molecule has 1 aromatic heterocycles. The molecule has 0 aliphatic carbocycles. The van der Waals surface area contributed by atoms with Crippen LogP contribution < -0.4 is 5.32 Å². The van der Waals surface area contributed by atoms with E-state index >= 15 is 0 Å². The van der Waals surface area contributed by atoms with Crippen LogP contribution in [-0.4, -0.2) is 27.8 Å². The van der Waals surface area contributed by atoms with Gasteiger partial charge < -0.3 is 14.9 Å². The summed E-state index contributed by atoms with van der Waals surface area (Å²) in [7, 11) is 0. The smallest absolute Gasteiger partial charge is 0.377 e. The molecule has 6 nitrogen and oxygen atoms in total. The Kier molecular flexibility index (Phi) is 2.44. The minimum Gasteiger partial charge on any atom is -0.475 e. The van der Waals surface area contributed by atoms with Gasteiger partial charge in [0.25, 0.3) is 5.82 Å². The third kappa shape index (κ3) is 1.61. The van der Waals surface area contributed by atoms with E-state index in [0.29, 0.717) is 5.89 Å². The number of rotatable bonds is 3. The molecule has 82 valence electrons. The largest absolute Gasteiger partial charge is 0.475 e. The monoisotopic (exact) mass is 211 g/mol. The average Bonchev–Trinajstić information content (AvgIpc) is 2.87. The van der Waals surface area contributed by atoms with Crippen LogP contribution >= 0.6 is 0 Å². The number of aromatic nitrogens is 2. The maximum Gasteiger partial charge on any atom is 0.377 e. The Morgan fingerprint density at radius 3 is 3.00 bits per heavy atom. The lowest BCUT2D eigenvalue weighted by Gasteiger charge is -2.22. The maximum atomic E-state index is 10.6. The molecule has 1 aliphatic rings. The molecule has 2 N–H and O–H groups in total. The number of carbonyl (C=O) groups is 1. The normalized spacial score (nSPS) is 25.7. The predicted molar refractivity (Wildman–Crippen MR) is 50.5 cm³/mol. The highest BCUT2D eigenvalue weighted by molar-refractivity contribution is 5.82. The Bertz CT molecular complexity index is 368. The first-order chi connectivity index (χ1) is 7.18. The van der Waals surface area contributed by atoms with Gasteiger partial charge in [0.15, 0.2) is 0 Å². The van der Waals surface area contributed by atoms with Gasteiger partial charge in [-0.25, -0.2) is 4.79 Å². The average molecular weight is 211 g/mol. The molecule has 1 aliphatic heterocycles. The van der Waals surface area contributed by atoms with Crippen molar-refractivity contribution in [2.24, 2.45) is 0 Å². The van der Waals surface area contributed by atoms with Crippen molar-refractivity contribution in [3.05, 3.63) is 11.7 Å². The number of nitrogens with one attached hydrogen (secondary N) is 1. The molecule has 1 unspecified atom stereocenters. The van der Waals surface area contributed by atoms with E-state index in [-0.39, 0.29) is 11.4 Å². The van der Waals surface area contributed by atoms with Crippen LogP contribution in [0, 0.1) is 0 Å². The van der Waals surface area contributed by atoms with Gasteiger partial charge in [0.1, 0.15) is 0 Å². The summed E-state index contributed by atoms with van der Waals surface area (Å²) in [6, 6.07) is 0. The minimum absolute atomic E-state index is 0.272. The molecule has 0 bridgehead atoms. The van der Waals surface area contributed by atoms with Crippen LogP contribution in [0.25, 0.3) is 0 Å². The van der Waals surface area contributed by atoms with E-state index in [2.05, 4.69) is 15.5 Å². The van der Waals surface area contributed by atoms with Gasteiger partial charge in [-0.1, -0.05) is 6.92 Å². The second-order valence-corrected chi connectivity index (χ2v) is 3.69. The van der Waals surface area contributed by atoms with Crippen molar-refractivity contribution < 1.29 is 14.4 Å². The summed E-state index contributed by atoms with van der Waals surface area (Å²) in [6.45, 7) is 2.92. The zero-order valence-corrected chi connectivity index (χ0v) is 8.49. The number of aromatic carboxylic acids is 1. The van der Waals surface area contributed by atoms with Gasteiger partial charge >= 0.3 is 5.97 Å². The summed E-state index contributed by atoms with van der Waals surface area (Å²) in [6.07, 6.45) is 2.76. The highest BCUT2D eigenvalue weighted by Gasteiger charge is 2.39. The van der Waals surface area contributed by atoms with Crippen LogP contribution in [0.5, 0.6) is 0 Å². The highest BCUT2D eigenvalue weighted by Crippen LogP contribution is 2.32. The molecule has 1 atom stereocenters. The van der Waals surface area contributed by atoms with Crippen LogP contribution in [0.15, 0.2) is 4.52 Å². The van der Waals surface area contributed by atoms with Gasteiger partial charge in [0, 0.05) is 0 Å². The number of nitrogens with zero attached hydrogens (tertiary/aromatic N) is 2. The Labute approximate surface area is 86.7 Å². The van der Waals surface area contributed by atoms with Crippen molar-refractivity contribution in [2.75, 3.05) is 6.54 Å². The molecule has 0 saturated carbocycles. The van der Waals surface area contributed by atoms with Crippen LogP contribution in [0.2, 0.25) is 0 Å². The van der Waals surface area contributed by atoms with E-state index in [0.717, 1.165) is 25.8 Å². The SMILES string of the molecule is CCC1(c2nc(C(=O)O)no2)CCCN1. The predicted octanol–water partition coefficient (Wildman–Crippen LogP) is 0.756. The topological polar surface area (TPSA) is 88.2 Å². The van der Waals surface area contributed by atoms with Crippen LogP contribution in [0.1, 0.15) is 42.7 Å². The quantitative estimate of drug-likeness (QED) is 0.767.